The zero-order valence-corrected chi connectivity index (χ0v) is 12.4. The number of aromatic nitrogens is 1. The molecule has 2 aromatic rings. The van der Waals surface area contributed by atoms with Crippen molar-refractivity contribution in [2.24, 2.45) is 7.05 Å². The van der Waals surface area contributed by atoms with Gasteiger partial charge in [-0.3, -0.25) is 14.9 Å². The quantitative estimate of drug-likeness (QED) is 0.541. The van der Waals surface area contributed by atoms with Gasteiger partial charge in [-0.1, -0.05) is 0 Å². The standard InChI is InChI=1S/C11H6BrIN2O2/c1-15-3-4(12)7-6(15)2-5(13)8-9(7)11(17)14-10(8)16/h2-3H,1H3,(H,14,16,17). The zero-order valence-electron chi connectivity index (χ0n) is 8.67. The van der Waals surface area contributed by atoms with Crippen molar-refractivity contribution < 1.29 is 9.59 Å². The van der Waals surface area contributed by atoms with Crippen molar-refractivity contribution >= 4 is 61.2 Å². The third-order valence-corrected chi connectivity index (χ3v) is 4.32. The number of carbonyl (C=O) groups is 2. The smallest absolute Gasteiger partial charge is 0.260 e. The summed E-state index contributed by atoms with van der Waals surface area (Å²) in [4.78, 5) is 23.5. The Morgan fingerprint density at radius 2 is 1.94 bits per heavy atom. The normalized spacial score (nSPS) is 14.3. The van der Waals surface area contributed by atoms with E-state index in [-0.39, 0.29) is 11.8 Å². The third kappa shape index (κ3) is 1.40. The van der Waals surface area contributed by atoms with E-state index in [2.05, 4.69) is 43.8 Å². The van der Waals surface area contributed by atoms with Gasteiger partial charge in [-0.05, 0) is 44.6 Å². The third-order valence-electron chi connectivity index (χ3n) is 2.87. The number of carbonyl (C=O) groups excluding carboxylic acids is 2. The van der Waals surface area contributed by atoms with Crippen LogP contribution in [0.3, 0.4) is 0 Å². The van der Waals surface area contributed by atoms with Crippen molar-refractivity contribution in [3.8, 4) is 0 Å². The van der Waals surface area contributed by atoms with Gasteiger partial charge in [0.1, 0.15) is 0 Å². The first-order valence-corrected chi connectivity index (χ1v) is 6.70. The molecule has 1 aliphatic rings. The molecule has 0 fully saturated rings. The summed E-state index contributed by atoms with van der Waals surface area (Å²) < 4.78 is 3.55. The van der Waals surface area contributed by atoms with E-state index in [1.165, 1.54) is 0 Å². The van der Waals surface area contributed by atoms with Crippen molar-refractivity contribution in [1.82, 2.24) is 9.88 Å². The lowest BCUT2D eigenvalue weighted by Crippen LogP contribution is -2.20. The number of halogens is 2. The molecule has 4 nitrogen and oxygen atoms in total. The fourth-order valence-corrected chi connectivity index (χ4v) is 3.66. The Kier molecular flexibility index (Phi) is 2.34. The highest BCUT2D eigenvalue weighted by Gasteiger charge is 2.32. The van der Waals surface area contributed by atoms with Crippen LogP contribution in [0.4, 0.5) is 0 Å². The van der Waals surface area contributed by atoms with Gasteiger partial charge in [0.15, 0.2) is 0 Å². The first-order valence-electron chi connectivity index (χ1n) is 4.83. The largest absolute Gasteiger partial charge is 0.349 e. The molecule has 17 heavy (non-hydrogen) atoms. The molecule has 0 radical (unpaired) electrons. The molecule has 0 unspecified atom stereocenters. The van der Waals surface area contributed by atoms with Crippen molar-refractivity contribution in [3.63, 3.8) is 0 Å². The summed E-state index contributed by atoms with van der Waals surface area (Å²) in [5.41, 5.74) is 1.89. The molecule has 0 atom stereocenters. The van der Waals surface area contributed by atoms with E-state index in [0.717, 1.165) is 18.9 Å². The molecule has 0 spiro atoms. The van der Waals surface area contributed by atoms with Crippen LogP contribution in [0.25, 0.3) is 10.9 Å². The number of benzene rings is 1. The van der Waals surface area contributed by atoms with Crippen molar-refractivity contribution in [3.05, 3.63) is 31.4 Å². The Labute approximate surface area is 119 Å². The molecule has 1 aliphatic heterocycles. The second kappa shape index (κ2) is 3.55. The van der Waals surface area contributed by atoms with Gasteiger partial charge in [0.05, 0.1) is 16.6 Å². The summed E-state index contributed by atoms with van der Waals surface area (Å²) in [5, 5.41) is 3.14. The van der Waals surface area contributed by atoms with Crippen LogP contribution in [-0.2, 0) is 7.05 Å². The van der Waals surface area contributed by atoms with E-state index in [0.29, 0.717) is 11.1 Å². The maximum Gasteiger partial charge on any atom is 0.260 e. The van der Waals surface area contributed by atoms with Gasteiger partial charge in [-0.2, -0.15) is 0 Å². The van der Waals surface area contributed by atoms with Crippen molar-refractivity contribution in [2.75, 3.05) is 0 Å². The number of imide groups is 1. The molecule has 3 rings (SSSR count). The number of nitrogens with one attached hydrogen (secondary N) is 1. The molecular formula is C11H6BrIN2O2. The zero-order chi connectivity index (χ0) is 12.3. The lowest BCUT2D eigenvalue weighted by molar-refractivity contribution is 0.0880. The van der Waals surface area contributed by atoms with Crippen LogP contribution in [0, 0.1) is 3.57 Å². The molecule has 0 aliphatic carbocycles. The summed E-state index contributed by atoms with van der Waals surface area (Å²) in [6, 6.07) is 1.91. The van der Waals surface area contributed by atoms with Crippen LogP contribution in [-0.4, -0.2) is 16.4 Å². The first-order chi connectivity index (χ1) is 8.00. The summed E-state index contributed by atoms with van der Waals surface area (Å²) in [5.74, 6) is -0.632. The topological polar surface area (TPSA) is 51.1 Å². The van der Waals surface area contributed by atoms with E-state index in [1.54, 1.807) is 0 Å². The molecule has 1 aromatic carbocycles. The highest BCUT2D eigenvalue weighted by molar-refractivity contribution is 14.1. The minimum atomic E-state index is -0.319. The maximum absolute atomic E-state index is 11.8. The summed E-state index contributed by atoms with van der Waals surface area (Å²) in [6.07, 6.45) is 1.89. The molecule has 2 amide bonds. The van der Waals surface area contributed by atoms with Crippen LogP contribution in [0.5, 0.6) is 0 Å². The highest BCUT2D eigenvalue weighted by atomic mass is 127. The molecule has 1 N–H and O–H groups in total. The molecule has 0 bridgehead atoms. The number of fused-ring (bicyclic) bond motifs is 3. The lowest BCUT2D eigenvalue weighted by atomic mass is 10.1. The van der Waals surface area contributed by atoms with E-state index >= 15 is 0 Å². The Morgan fingerprint density at radius 1 is 1.29 bits per heavy atom. The van der Waals surface area contributed by atoms with Gasteiger partial charge in [-0.15, -0.1) is 0 Å². The van der Waals surface area contributed by atoms with Crippen LogP contribution >= 0.6 is 38.5 Å². The fraction of sp³-hybridized carbons (Fsp3) is 0.0909. The minimum absolute atomic E-state index is 0.313. The average Bonchev–Trinajstić information content (AvgIpc) is 2.67. The summed E-state index contributed by atoms with van der Waals surface area (Å²) >= 11 is 5.51. The van der Waals surface area contributed by atoms with E-state index < -0.39 is 0 Å². The van der Waals surface area contributed by atoms with E-state index in [1.807, 2.05) is 23.9 Å². The molecule has 1 aromatic heterocycles. The van der Waals surface area contributed by atoms with Gasteiger partial charge < -0.3 is 4.57 Å². The Balaban J connectivity index is 2.58. The van der Waals surface area contributed by atoms with Crippen molar-refractivity contribution in [2.45, 2.75) is 0 Å². The van der Waals surface area contributed by atoms with Gasteiger partial charge in [0.2, 0.25) is 0 Å². The summed E-state index contributed by atoms with van der Waals surface area (Å²) in [6.45, 7) is 0. The number of rotatable bonds is 0. The minimum Gasteiger partial charge on any atom is -0.349 e. The monoisotopic (exact) mass is 404 g/mol. The molecule has 0 saturated heterocycles. The molecule has 2 heterocycles. The second-order valence-corrected chi connectivity index (χ2v) is 5.89. The van der Waals surface area contributed by atoms with Gasteiger partial charge in [0, 0.05) is 26.7 Å². The maximum atomic E-state index is 11.8. The number of nitrogens with zero attached hydrogens (tertiary/aromatic N) is 1. The summed E-state index contributed by atoms with van der Waals surface area (Å²) in [7, 11) is 1.91. The van der Waals surface area contributed by atoms with Crippen LogP contribution in [0.1, 0.15) is 20.7 Å². The Morgan fingerprint density at radius 3 is 2.65 bits per heavy atom. The Hall–Kier alpha value is -0.890. The molecule has 86 valence electrons. The van der Waals surface area contributed by atoms with Crippen LogP contribution in [0.2, 0.25) is 0 Å². The number of hydrogen-bond donors (Lipinski definition) is 1. The van der Waals surface area contributed by atoms with Gasteiger partial charge in [-0.25, -0.2) is 0 Å². The van der Waals surface area contributed by atoms with E-state index in [4.69, 9.17) is 0 Å². The number of aryl methyl sites for hydroxylation is 1. The van der Waals surface area contributed by atoms with E-state index in [9.17, 15) is 9.59 Å². The Bertz CT molecular complexity index is 705. The average molecular weight is 405 g/mol. The number of amides is 2. The predicted octanol–water partition coefficient (Wildman–Crippen LogP) is 2.43. The fourth-order valence-electron chi connectivity index (χ4n) is 2.14. The molecule has 0 saturated carbocycles. The highest BCUT2D eigenvalue weighted by Crippen LogP contribution is 2.35. The SMILES string of the molecule is Cn1cc(Br)c2c3c(c(I)cc21)C(=O)NC3=O. The van der Waals surface area contributed by atoms with Gasteiger partial charge in [0.25, 0.3) is 11.8 Å². The van der Waals surface area contributed by atoms with Crippen molar-refractivity contribution in [1.29, 1.82) is 0 Å². The van der Waals surface area contributed by atoms with Crippen LogP contribution < -0.4 is 5.32 Å². The second-order valence-electron chi connectivity index (χ2n) is 3.87. The molecule has 6 heteroatoms. The lowest BCUT2D eigenvalue weighted by Gasteiger charge is -2.03. The van der Waals surface area contributed by atoms with Crippen LogP contribution in [0.15, 0.2) is 16.7 Å². The first kappa shape index (κ1) is 11.2. The molecular weight excluding hydrogens is 399 g/mol. The number of hydrogen-bond acceptors (Lipinski definition) is 2. The predicted molar refractivity (Wildman–Crippen MR) is 75.1 cm³/mol. The van der Waals surface area contributed by atoms with Gasteiger partial charge >= 0.3 is 0 Å².